The molecule has 2 heterocycles. The number of carbonyl (C=O) groups excluding carboxylic acids is 2. The largest absolute Gasteiger partial charge is 0.369 e. The molecule has 2 saturated heterocycles. The van der Waals surface area contributed by atoms with E-state index in [1.54, 1.807) is 17.0 Å². The van der Waals surface area contributed by atoms with Gasteiger partial charge >= 0.3 is 6.03 Å². The van der Waals surface area contributed by atoms with Gasteiger partial charge in [0.2, 0.25) is 0 Å². The molecule has 4 rings (SSSR count). The van der Waals surface area contributed by atoms with Crippen LogP contribution in [0.1, 0.15) is 23.7 Å². The summed E-state index contributed by atoms with van der Waals surface area (Å²) in [5, 5.41) is 3.03. The molecule has 0 bridgehead atoms. The zero-order valence-electron chi connectivity index (χ0n) is 19.9. The Kier molecular flexibility index (Phi) is 8.00. The van der Waals surface area contributed by atoms with Crippen LogP contribution in [0, 0.1) is 5.82 Å². The fraction of sp³-hybridized carbons (Fsp3) is 0.462. The summed E-state index contributed by atoms with van der Waals surface area (Å²) in [6.07, 6.45) is 0.921. The van der Waals surface area contributed by atoms with Crippen LogP contribution in [0.25, 0.3) is 0 Å². The number of para-hydroxylation sites is 1. The van der Waals surface area contributed by atoms with E-state index in [1.807, 2.05) is 11.0 Å². The highest BCUT2D eigenvalue weighted by molar-refractivity contribution is 5.94. The first-order chi connectivity index (χ1) is 16.5. The molecule has 0 spiro atoms. The number of hydrogen-bond acceptors (Lipinski definition) is 5. The lowest BCUT2D eigenvalue weighted by atomic mass is 10.1. The van der Waals surface area contributed by atoms with E-state index in [4.69, 9.17) is 0 Å². The van der Waals surface area contributed by atoms with Gasteiger partial charge in [0.1, 0.15) is 5.82 Å². The maximum absolute atomic E-state index is 14.4. The number of nitrogens with one attached hydrogen (secondary N) is 1. The molecule has 0 radical (unpaired) electrons. The number of halogens is 1. The van der Waals surface area contributed by atoms with E-state index in [0.717, 1.165) is 39.1 Å². The van der Waals surface area contributed by atoms with E-state index in [1.165, 1.54) is 18.7 Å². The highest BCUT2D eigenvalue weighted by Gasteiger charge is 2.23. The summed E-state index contributed by atoms with van der Waals surface area (Å²) in [5.74, 6) is -0.545. The fourth-order valence-electron chi connectivity index (χ4n) is 4.61. The second-order valence-corrected chi connectivity index (χ2v) is 8.95. The highest BCUT2D eigenvalue weighted by atomic mass is 19.1. The monoisotopic (exact) mass is 467 g/mol. The van der Waals surface area contributed by atoms with Gasteiger partial charge in [-0.3, -0.25) is 9.69 Å². The molecule has 2 amide bonds. The minimum Gasteiger partial charge on any atom is -0.369 e. The van der Waals surface area contributed by atoms with Gasteiger partial charge in [-0.15, -0.1) is 0 Å². The number of benzene rings is 2. The van der Waals surface area contributed by atoms with Crippen LogP contribution in [0.2, 0.25) is 0 Å². The molecule has 34 heavy (non-hydrogen) atoms. The second kappa shape index (κ2) is 11.3. The van der Waals surface area contributed by atoms with Gasteiger partial charge in [-0.05, 0) is 50.2 Å². The van der Waals surface area contributed by atoms with E-state index in [-0.39, 0.29) is 11.8 Å². The van der Waals surface area contributed by atoms with Crippen LogP contribution in [0.4, 0.5) is 20.6 Å². The van der Waals surface area contributed by atoms with E-state index in [2.05, 4.69) is 39.4 Å². The quantitative estimate of drug-likeness (QED) is 0.501. The predicted octanol–water partition coefficient (Wildman–Crippen LogP) is 3.07. The van der Waals surface area contributed by atoms with Crippen molar-refractivity contribution in [1.82, 2.24) is 15.1 Å². The minimum absolute atomic E-state index is 0.0547. The first kappa shape index (κ1) is 24.0. The lowest BCUT2D eigenvalue weighted by Gasteiger charge is -2.37. The topological polar surface area (TPSA) is 59.1 Å². The van der Waals surface area contributed by atoms with Crippen molar-refractivity contribution in [2.45, 2.75) is 13.3 Å². The lowest BCUT2D eigenvalue weighted by molar-refractivity contribution is 0.101. The van der Waals surface area contributed by atoms with Crippen LogP contribution in [-0.4, -0.2) is 87.1 Å². The smallest absolute Gasteiger partial charge is 0.317 e. The van der Waals surface area contributed by atoms with Gasteiger partial charge in [-0.2, -0.15) is 0 Å². The van der Waals surface area contributed by atoms with Crippen molar-refractivity contribution in [3.05, 3.63) is 59.9 Å². The van der Waals surface area contributed by atoms with Gasteiger partial charge in [0.05, 0.1) is 5.69 Å². The molecule has 2 fully saturated rings. The van der Waals surface area contributed by atoms with Gasteiger partial charge in [0.25, 0.3) is 0 Å². The number of amides is 2. The number of urea groups is 1. The van der Waals surface area contributed by atoms with Crippen molar-refractivity contribution >= 4 is 23.2 Å². The Labute approximate surface area is 201 Å². The van der Waals surface area contributed by atoms with Gasteiger partial charge in [-0.1, -0.05) is 18.2 Å². The highest BCUT2D eigenvalue weighted by Crippen LogP contribution is 2.22. The number of nitrogens with zero attached hydrogens (tertiary/aromatic N) is 4. The third-order valence-corrected chi connectivity index (χ3v) is 6.68. The van der Waals surface area contributed by atoms with Crippen molar-refractivity contribution < 1.29 is 14.0 Å². The van der Waals surface area contributed by atoms with Gasteiger partial charge in [0, 0.05) is 70.2 Å². The van der Waals surface area contributed by atoms with E-state index >= 15 is 0 Å². The summed E-state index contributed by atoms with van der Waals surface area (Å²) in [6, 6.07) is 15.1. The molecule has 1 N–H and O–H groups in total. The van der Waals surface area contributed by atoms with Gasteiger partial charge in [-0.25, -0.2) is 9.18 Å². The van der Waals surface area contributed by atoms with Gasteiger partial charge < -0.3 is 20.0 Å². The molecule has 7 nitrogen and oxygen atoms in total. The summed E-state index contributed by atoms with van der Waals surface area (Å²) >= 11 is 0. The summed E-state index contributed by atoms with van der Waals surface area (Å²) in [4.78, 5) is 32.6. The van der Waals surface area contributed by atoms with Crippen LogP contribution in [-0.2, 0) is 0 Å². The zero-order chi connectivity index (χ0) is 23.9. The van der Waals surface area contributed by atoms with E-state index in [9.17, 15) is 14.0 Å². The maximum Gasteiger partial charge on any atom is 0.317 e. The van der Waals surface area contributed by atoms with Crippen molar-refractivity contribution in [2.75, 3.05) is 75.2 Å². The molecule has 8 heteroatoms. The third-order valence-electron chi connectivity index (χ3n) is 6.68. The Morgan fingerprint density at radius 3 is 2.21 bits per heavy atom. The molecule has 0 aromatic heterocycles. The Balaban J connectivity index is 1.13. The standard InChI is InChI=1S/C26H34FN5O2/c1-21(33)22-8-9-25(24(27)20-22)31-16-18-32(19-17-31)26(34)28-10-5-11-29-12-14-30(15-13-29)23-6-3-2-4-7-23/h2-4,6-9,20H,5,10-19H2,1H3,(H,28,34). The first-order valence-corrected chi connectivity index (χ1v) is 12.1. The molecule has 2 aliphatic rings. The van der Waals surface area contributed by atoms with Crippen molar-refractivity contribution in [1.29, 1.82) is 0 Å². The summed E-state index contributed by atoms with van der Waals surface area (Å²) in [6.45, 7) is 9.40. The van der Waals surface area contributed by atoms with Crippen LogP contribution in [0.15, 0.2) is 48.5 Å². The number of piperazine rings is 2. The van der Waals surface area contributed by atoms with Crippen LogP contribution in [0.3, 0.4) is 0 Å². The number of hydrogen-bond donors (Lipinski definition) is 1. The molecule has 0 aliphatic carbocycles. The normalized spacial score (nSPS) is 17.1. The average molecular weight is 468 g/mol. The summed E-state index contributed by atoms with van der Waals surface area (Å²) in [5.41, 5.74) is 2.14. The molecule has 0 saturated carbocycles. The summed E-state index contributed by atoms with van der Waals surface area (Å²) in [7, 11) is 0. The fourth-order valence-corrected chi connectivity index (χ4v) is 4.61. The molecule has 0 unspecified atom stereocenters. The number of anilines is 2. The van der Waals surface area contributed by atoms with Crippen LogP contribution in [0.5, 0.6) is 0 Å². The number of ketones is 1. The molecule has 2 aromatic carbocycles. The lowest BCUT2D eigenvalue weighted by Crippen LogP contribution is -2.52. The number of carbonyl (C=O) groups is 2. The minimum atomic E-state index is -0.393. The van der Waals surface area contributed by atoms with Crippen LogP contribution >= 0.6 is 0 Å². The van der Waals surface area contributed by atoms with Gasteiger partial charge in [0.15, 0.2) is 5.78 Å². The summed E-state index contributed by atoms with van der Waals surface area (Å²) < 4.78 is 14.4. The Bertz CT molecular complexity index is 970. The first-order valence-electron chi connectivity index (χ1n) is 12.1. The van der Waals surface area contributed by atoms with Crippen molar-refractivity contribution in [3.8, 4) is 0 Å². The molecule has 182 valence electrons. The zero-order valence-corrected chi connectivity index (χ0v) is 19.9. The maximum atomic E-state index is 14.4. The van der Waals surface area contributed by atoms with Crippen LogP contribution < -0.4 is 15.1 Å². The molecule has 2 aliphatic heterocycles. The van der Waals surface area contributed by atoms with E-state index < -0.39 is 5.82 Å². The Morgan fingerprint density at radius 1 is 0.882 bits per heavy atom. The molecule has 0 atom stereocenters. The van der Waals surface area contributed by atoms with Crippen molar-refractivity contribution in [3.63, 3.8) is 0 Å². The molecular formula is C26H34FN5O2. The average Bonchev–Trinajstić information content (AvgIpc) is 2.87. The second-order valence-electron chi connectivity index (χ2n) is 8.95. The van der Waals surface area contributed by atoms with E-state index in [0.29, 0.717) is 44.0 Å². The number of Topliss-reactive ketones (excluding diaryl/α,β-unsaturated/α-hetero) is 1. The molecule has 2 aromatic rings. The van der Waals surface area contributed by atoms with Crippen molar-refractivity contribution in [2.24, 2.45) is 0 Å². The Morgan fingerprint density at radius 2 is 1.56 bits per heavy atom. The number of rotatable bonds is 7. The Hall–Kier alpha value is -3.13. The SMILES string of the molecule is CC(=O)c1ccc(N2CCN(C(=O)NCCCN3CCN(c4ccccc4)CC3)CC2)c(F)c1. The molecular weight excluding hydrogens is 433 g/mol. The third kappa shape index (κ3) is 6.05. The predicted molar refractivity (Wildman–Crippen MR) is 133 cm³/mol.